The number of carbonyl (C=O) groups is 2. The molecule has 0 saturated heterocycles. The summed E-state index contributed by atoms with van der Waals surface area (Å²) in [4.78, 5) is 20.2. The Kier molecular flexibility index (Phi) is 13.1. The molecule has 0 rings (SSSR count). The van der Waals surface area contributed by atoms with E-state index in [9.17, 15) is 9.59 Å². The number of hydrogen-bond acceptors (Lipinski definition) is 5. The van der Waals surface area contributed by atoms with Gasteiger partial charge in [0, 0.05) is 12.2 Å². The third-order valence-corrected chi connectivity index (χ3v) is 0.956. The van der Waals surface area contributed by atoms with E-state index in [1.165, 1.54) is 0 Å². The van der Waals surface area contributed by atoms with Crippen LogP contribution in [0.4, 0.5) is 0 Å². The first-order valence-corrected chi connectivity index (χ1v) is 4.31. The molecule has 0 heterocycles. The molecule has 0 aliphatic heterocycles. The highest BCUT2D eigenvalue weighted by Gasteiger charge is 1.90. The summed E-state index contributed by atoms with van der Waals surface area (Å²) in [6.45, 7) is 8.44. The second-order valence-electron chi connectivity index (χ2n) is 2.05. The van der Waals surface area contributed by atoms with E-state index in [0.717, 1.165) is 12.2 Å². The summed E-state index contributed by atoms with van der Waals surface area (Å²) in [6.07, 6.45) is 2.19. The van der Waals surface area contributed by atoms with Crippen molar-refractivity contribution in [2.24, 2.45) is 0 Å². The number of carbonyl (C=O) groups excluding carboxylic acids is 2. The molecule has 0 radical (unpaired) electrons. The highest BCUT2D eigenvalue weighted by molar-refractivity contribution is 5.81. The zero-order valence-corrected chi connectivity index (χ0v) is 8.77. The van der Waals surface area contributed by atoms with Crippen molar-refractivity contribution >= 4 is 11.9 Å². The largest absolute Gasteiger partial charge is 0.463 e. The van der Waals surface area contributed by atoms with Crippen LogP contribution in [-0.2, 0) is 19.1 Å². The van der Waals surface area contributed by atoms with Crippen LogP contribution in [0.1, 0.15) is 6.92 Å². The predicted molar refractivity (Wildman–Crippen MR) is 55.1 cm³/mol. The minimum atomic E-state index is -0.501. The molecule has 0 aromatic carbocycles. The van der Waals surface area contributed by atoms with Crippen molar-refractivity contribution in [2.75, 3.05) is 19.8 Å². The van der Waals surface area contributed by atoms with Crippen LogP contribution in [-0.4, -0.2) is 36.9 Å². The van der Waals surface area contributed by atoms with Gasteiger partial charge in [0.2, 0.25) is 0 Å². The van der Waals surface area contributed by atoms with E-state index < -0.39 is 5.97 Å². The van der Waals surface area contributed by atoms with Crippen LogP contribution in [0.2, 0.25) is 0 Å². The lowest BCUT2D eigenvalue weighted by Crippen LogP contribution is -2.04. The lowest BCUT2D eigenvalue weighted by Gasteiger charge is -1.94. The molecule has 15 heavy (non-hydrogen) atoms. The van der Waals surface area contributed by atoms with E-state index >= 15 is 0 Å². The summed E-state index contributed by atoms with van der Waals surface area (Å²) in [6, 6.07) is 0. The molecule has 0 unspecified atom stereocenters. The van der Waals surface area contributed by atoms with Gasteiger partial charge >= 0.3 is 11.9 Å². The van der Waals surface area contributed by atoms with Gasteiger partial charge in [-0.3, -0.25) is 0 Å². The highest BCUT2D eigenvalue weighted by Crippen LogP contribution is 1.75. The Balaban J connectivity index is 0. The Morgan fingerprint density at radius 2 is 1.67 bits per heavy atom. The summed E-state index contributed by atoms with van der Waals surface area (Å²) in [7, 11) is 0. The number of esters is 2. The quantitative estimate of drug-likeness (QED) is 0.533. The zero-order chi connectivity index (χ0) is 12.1. The molecule has 5 nitrogen and oxygen atoms in total. The summed E-state index contributed by atoms with van der Waals surface area (Å²) in [5.41, 5.74) is 0. The highest BCUT2D eigenvalue weighted by atomic mass is 16.5. The van der Waals surface area contributed by atoms with Crippen LogP contribution in [0, 0.1) is 0 Å². The van der Waals surface area contributed by atoms with E-state index in [2.05, 4.69) is 22.6 Å². The van der Waals surface area contributed by atoms with E-state index in [-0.39, 0.29) is 19.2 Å². The molecular weight excluding hydrogens is 200 g/mol. The van der Waals surface area contributed by atoms with Gasteiger partial charge in [0.05, 0.1) is 13.2 Å². The van der Waals surface area contributed by atoms with Gasteiger partial charge in [-0.25, -0.2) is 9.59 Å². The monoisotopic (exact) mass is 216 g/mol. The maximum absolute atomic E-state index is 10.1. The second kappa shape index (κ2) is 12.4. The standard InChI is InChI=1S/C5H8O3.C5H8O2/c1-2-5(7)8-4-3-6;1-3-5(6)7-4-2/h2,6H,1,3-4H2;3H,1,4H2,2H3. The molecule has 0 aliphatic rings. The van der Waals surface area contributed by atoms with Gasteiger partial charge in [0.1, 0.15) is 6.61 Å². The maximum atomic E-state index is 10.1. The zero-order valence-electron chi connectivity index (χ0n) is 8.77. The van der Waals surface area contributed by atoms with Crippen LogP contribution in [0.5, 0.6) is 0 Å². The Morgan fingerprint density at radius 3 is 1.93 bits per heavy atom. The smallest absolute Gasteiger partial charge is 0.330 e. The Labute approximate surface area is 89.0 Å². The molecule has 1 N–H and O–H groups in total. The second-order valence-corrected chi connectivity index (χ2v) is 2.05. The van der Waals surface area contributed by atoms with Gasteiger partial charge in [-0.05, 0) is 6.92 Å². The van der Waals surface area contributed by atoms with Crippen molar-refractivity contribution in [1.29, 1.82) is 0 Å². The van der Waals surface area contributed by atoms with E-state index in [1.807, 2.05) is 0 Å². The van der Waals surface area contributed by atoms with E-state index in [1.54, 1.807) is 6.92 Å². The van der Waals surface area contributed by atoms with E-state index in [0.29, 0.717) is 6.61 Å². The molecule has 0 atom stereocenters. The maximum Gasteiger partial charge on any atom is 0.330 e. The molecular formula is C10H16O5. The fraction of sp³-hybridized carbons (Fsp3) is 0.400. The molecule has 0 bridgehead atoms. The van der Waals surface area contributed by atoms with Crippen molar-refractivity contribution in [2.45, 2.75) is 6.92 Å². The van der Waals surface area contributed by atoms with Crippen LogP contribution in [0.3, 0.4) is 0 Å². The van der Waals surface area contributed by atoms with Crippen molar-refractivity contribution in [3.05, 3.63) is 25.3 Å². The molecule has 0 aromatic heterocycles. The number of hydrogen-bond donors (Lipinski definition) is 1. The normalized spacial score (nSPS) is 7.87. The summed E-state index contributed by atoms with van der Waals surface area (Å²) in [5.74, 6) is -0.860. The Bertz CT molecular complexity index is 210. The first kappa shape index (κ1) is 15.8. The third-order valence-electron chi connectivity index (χ3n) is 0.956. The van der Waals surface area contributed by atoms with Crippen LogP contribution in [0.15, 0.2) is 25.3 Å². The molecule has 5 heteroatoms. The molecule has 0 fully saturated rings. The average Bonchev–Trinajstić information content (AvgIpc) is 2.26. The van der Waals surface area contributed by atoms with Crippen molar-refractivity contribution in [1.82, 2.24) is 0 Å². The van der Waals surface area contributed by atoms with Crippen LogP contribution < -0.4 is 0 Å². The lowest BCUT2D eigenvalue weighted by molar-refractivity contribution is -0.139. The Morgan fingerprint density at radius 1 is 1.20 bits per heavy atom. The predicted octanol–water partition coefficient (Wildman–Crippen LogP) is 0.443. The van der Waals surface area contributed by atoms with Gasteiger partial charge in [-0.15, -0.1) is 0 Å². The Hall–Kier alpha value is -1.62. The molecule has 0 spiro atoms. The fourth-order valence-corrected chi connectivity index (χ4v) is 0.406. The molecule has 0 aliphatic carbocycles. The summed E-state index contributed by atoms with van der Waals surface area (Å²) >= 11 is 0. The molecule has 0 aromatic rings. The first-order chi connectivity index (χ1) is 7.12. The summed E-state index contributed by atoms with van der Waals surface area (Å²) in [5, 5.41) is 8.10. The van der Waals surface area contributed by atoms with Gasteiger partial charge in [-0.1, -0.05) is 13.2 Å². The van der Waals surface area contributed by atoms with Crippen molar-refractivity contribution in [3.8, 4) is 0 Å². The van der Waals surface area contributed by atoms with Gasteiger partial charge in [-0.2, -0.15) is 0 Å². The number of ether oxygens (including phenoxy) is 2. The molecule has 0 amide bonds. The SMILES string of the molecule is C=CC(=O)OCC.C=CC(=O)OCCO. The number of aliphatic hydroxyl groups excluding tert-OH is 1. The summed E-state index contributed by atoms with van der Waals surface area (Å²) < 4.78 is 8.77. The first-order valence-electron chi connectivity index (χ1n) is 4.31. The van der Waals surface area contributed by atoms with Crippen molar-refractivity contribution < 1.29 is 24.2 Å². The van der Waals surface area contributed by atoms with Crippen molar-refractivity contribution in [3.63, 3.8) is 0 Å². The minimum absolute atomic E-state index is 0.0465. The minimum Gasteiger partial charge on any atom is -0.463 e. The van der Waals surface area contributed by atoms with Crippen LogP contribution >= 0.6 is 0 Å². The van der Waals surface area contributed by atoms with Gasteiger partial charge in [0.25, 0.3) is 0 Å². The lowest BCUT2D eigenvalue weighted by atomic mass is 10.6. The topological polar surface area (TPSA) is 72.8 Å². The van der Waals surface area contributed by atoms with Crippen LogP contribution in [0.25, 0.3) is 0 Å². The average molecular weight is 216 g/mol. The molecule has 86 valence electrons. The third kappa shape index (κ3) is 15.2. The fourth-order valence-electron chi connectivity index (χ4n) is 0.406. The number of rotatable bonds is 5. The number of aliphatic hydroxyl groups is 1. The van der Waals surface area contributed by atoms with Gasteiger partial charge < -0.3 is 14.6 Å². The van der Waals surface area contributed by atoms with E-state index in [4.69, 9.17) is 5.11 Å². The van der Waals surface area contributed by atoms with Gasteiger partial charge in [0.15, 0.2) is 0 Å². The molecule has 0 saturated carbocycles.